The molecular formula is C22H25N3OS2. The molecule has 146 valence electrons. The fraction of sp³-hybridized carbons (Fsp3) is 0.409. The standard InChI is InChI=1S/C22H25N3OS2/c1-15-22(28-16(2)23-15)20-14-27-21(24-20)11-19(26)13-25-10-6-9-18(12-25)17-7-4-3-5-8-17/h3-5,7-8,14,18H,6,9-13H2,1-2H3/t18-/m1/s1. The van der Waals surface area contributed by atoms with Gasteiger partial charge in [0.1, 0.15) is 5.01 Å². The van der Waals surface area contributed by atoms with Gasteiger partial charge in [-0.15, -0.1) is 22.7 Å². The van der Waals surface area contributed by atoms with Gasteiger partial charge in [0.15, 0.2) is 5.78 Å². The molecule has 1 atom stereocenters. The molecule has 6 heteroatoms. The van der Waals surface area contributed by atoms with E-state index in [9.17, 15) is 4.79 Å². The summed E-state index contributed by atoms with van der Waals surface area (Å²) in [4.78, 5) is 25.3. The van der Waals surface area contributed by atoms with Crippen LogP contribution in [0.25, 0.3) is 10.6 Å². The molecule has 1 aromatic carbocycles. The lowest BCUT2D eigenvalue weighted by Gasteiger charge is -2.32. The minimum absolute atomic E-state index is 0.256. The summed E-state index contributed by atoms with van der Waals surface area (Å²) in [7, 11) is 0. The number of carbonyl (C=O) groups excluding carboxylic acids is 1. The van der Waals surface area contributed by atoms with Gasteiger partial charge < -0.3 is 0 Å². The van der Waals surface area contributed by atoms with Crippen LogP contribution < -0.4 is 0 Å². The molecule has 4 nitrogen and oxygen atoms in total. The number of nitrogens with zero attached hydrogens (tertiary/aromatic N) is 3. The summed E-state index contributed by atoms with van der Waals surface area (Å²) >= 11 is 3.24. The molecule has 0 radical (unpaired) electrons. The van der Waals surface area contributed by atoms with Crippen molar-refractivity contribution in [2.75, 3.05) is 19.6 Å². The van der Waals surface area contributed by atoms with Gasteiger partial charge in [-0.25, -0.2) is 9.97 Å². The zero-order chi connectivity index (χ0) is 19.5. The average molecular weight is 412 g/mol. The molecule has 3 aromatic rings. The van der Waals surface area contributed by atoms with Crippen molar-refractivity contribution in [1.82, 2.24) is 14.9 Å². The maximum absolute atomic E-state index is 12.7. The van der Waals surface area contributed by atoms with E-state index < -0.39 is 0 Å². The Morgan fingerprint density at radius 2 is 2.04 bits per heavy atom. The lowest BCUT2D eigenvalue weighted by molar-refractivity contribution is -0.119. The number of benzene rings is 1. The lowest BCUT2D eigenvalue weighted by atomic mass is 9.90. The number of hydrogen-bond acceptors (Lipinski definition) is 6. The Morgan fingerprint density at radius 1 is 1.21 bits per heavy atom. The van der Waals surface area contributed by atoms with Crippen molar-refractivity contribution in [1.29, 1.82) is 0 Å². The van der Waals surface area contributed by atoms with Gasteiger partial charge in [-0.2, -0.15) is 0 Å². The van der Waals surface area contributed by atoms with Crippen LogP contribution in [0, 0.1) is 13.8 Å². The summed E-state index contributed by atoms with van der Waals surface area (Å²) in [6, 6.07) is 10.7. The fourth-order valence-corrected chi connectivity index (χ4v) is 5.70. The zero-order valence-electron chi connectivity index (χ0n) is 16.4. The molecule has 4 rings (SSSR count). The third kappa shape index (κ3) is 4.57. The Balaban J connectivity index is 1.35. The Bertz CT molecular complexity index is 948. The molecule has 0 saturated carbocycles. The summed E-state index contributed by atoms with van der Waals surface area (Å²) in [5.74, 6) is 0.790. The monoisotopic (exact) mass is 411 g/mol. The van der Waals surface area contributed by atoms with Gasteiger partial charge >= 0.3 is 0 Å². The summed E-state index contributed by atoms with van der Waals surface area (Å²) in [6.45, 7) is 6.54. The van der Waals surface area contributed by atoms with Crippen LogP contribution in [0.2, 0.25) is 0 Å². The number of Topliss-reactive ketones (excluding diaryl/α,β-unsaturated/α-hetero) is 1. The van der Waals surface area contributed by atoms with Crippen LogP contribution in [0.3, 0.4) is 0 Å². The number of aromatic nitrogens is 2. The van der Waals surface area contributed by atoms with Gasteiger partial charge in [0.2, 0.25) is 0 Å². The minimum atomic E-state index is 0.256. The molecule has 1 aliphatic rings. The number of piperidine rings is 1. The molecule has 1 saturated heterocycles. The number of rotatable bonds is 6. The van der Waals surface area contributed by atoms with Crippen molar-refractivity contribution in [2.24, 2.45) is 0 Å². The highest BCUT2D eigenvalue weighted by Gasteiger charge is 2.23. The summed E-state index contributed by atoms with van der Waals surface area (Å²) in [5, 5.41) is 4.01. The van der Waals surface area contributed by atoms with Gasteiger partial charge in [0.25, 0.3) is 0 Å². The van der Waals surface area contributed by atoms with E-state index in [0.29, 0.717) is 18.9 Å². The molecule has 1 aliphatic heterocycles. The van der Waals surface area contributed by atoms with E-state index in [2.05, 4.69) is 45.6 Å². The minimum Gasteiger partial charge on any atom is -0.298 e. The number of ketones is 1. The van der Waals surface area contributed by atoms with Gasteiger partial charge in [-0.05, 0) is 44.7 Å². The van der Waals surface area contributed by atoms with E-state index in [0.717, 1.165) is 45.8 Å². The molecule has 0 N–H and O–H groups in total. The Kier molecular flexibility index (Phi) is 5.99. The highest BCUT2D eigenvalue weighted by atomic mass is 32.1. The summed E-state index contributed by atoms with van der Waals surface area (Å²) in [5.41, 5.74) is 3.36. The van der Waals surface area contributed by atoms with Crippen LogP contribution in [0.1, 0.15) is 40.0 Å². The van der Waals surface area contributed by atoms with Crippen molar-refractivity contribution in [2.45, 2.75) is 39.0 Å². The van der Waals surface area contributed by atoms with Crippen molar-refractivity contribution < 1.29 is 4.79 Å². The molecule has 0 aliphatic carbocycles. The Morgan fingerprint density at radius 3 is 2.79 bits per heavy atom. The molecule has 2 aromatic heterocycles. The third-order valence-electron chi connectivity index (χ3n) is 5.21. The maximum Gasteiger partial charge on any atom is 0.153 e. The molecule has 0 amide bonds. The SMILES string of the molecule is Cc1nc(C)c(-c2csc(CC(=O)CN3CCC[C@@H](c4ccccc4)C3)n2)s1. The quantitative estimate of drug-likeness (QED) is 0.580. The molecule has 0 bridgehead atoms. The summed E-state index contributed by atoms with van der Waals surface area (Å²) in [6.07, 6.45) is 2.78. The number of thiazole rings is 2. The third-order valence-corrected chi connectivity index (χ3v) is 7.16. The van der Waals surface area contributed by atoms with E-state index in [1.165, 1.54) is 12.0 Å². The van der Waals surface area contributed by atoms with Crippen LogP contribution in [-0.4, -0.2) is 40.3 Å². The molecule has 3 heterocycles. The number of likely N-dealkylation sites (tertiary alicyclic amines) is 1. The molecule has 28 heavy (non-hydrogen) atoms. The Labute approximate surface area is 174 Å². The zero-order valence-corrected chi connectivity index (χ0v) is 18.0. The summed E-state index contributed by atoms with van der Waals surface area (Å²) < 4.78 is 0. The van der Waals surface area contributed by atoms with Crippen molar-refractivity contribution in [3.63, 3.8) is 0 Å². The fourth-order valence-electron chi connectivity index (χ4n) is 3.94. The van der Waals surface area contributed by atoms with Crippen LogP contribution in [0.15, 0.2) is 35.7 Å². The van der Waals surface area contributed by atoms with Crippen molar-refractivity contribution in [3.8, 4) is 10.6 Å². The van der Waals surface area contributed by atoms with Crippen LogP contribution in [-0.2, 0) is 11.2 Å². The largest absolute Gasteiger partial charge is 0.298 e. The van der Waals surface area contributed by atoms with Gasteiger partial charge in [0.05, 0.1) is 34.2 Å². The number of aryl methyl sites for hydroxylation is 2. The first-order valence-electron chi connectivity index (χ1n) is 9.76. The normalized spacial score (nSPS) is 17.7. The molecular weight excluding hydrogens is 386 g/mol. The van der Waals surface area contributed by atoms with E-state index >= 15 is 0 Å². The molecule has 0 unspecified atom stereocenters. The van der Waals surface area contributed by atoms with E-state index in [1.807, 2.05) is 13.8 Å². The van der Waals surface area contributed by atoms with Crippen LogP contribution in [0.5, 0.6) is 0 Å². The molecule has 0 spiro atoms. The van der Waals surface area contributed by atoms with Crippen molar-refractivity contribution >= 4 is 28.5 Å². The average Bonchev–Trinajstić information content (AvgIpc) is 3.28. The molecule has 1 fully saturated rings. The van der Waals surface area contributed by atoms with Crippen LogP contribution in [0.4, 0.5) is 0 Å². The van der Waals surface area contributed by atoms with Crippen molar-refractivity contribution in [3.05, 3.63) is 57.0 Å². The highest BCUT2D eigenvalue weighted by molar-refractivity contribution is 7.16. The second kappa shape index (κ2) is 8.64. The first-order chi connectivity index (χ1) is 13.6. The predicted octanol–water partition coefficient (Wildman–Crippen LogP) is 4.87. The highest BCUT2D eigenvalue weighted by Crippen LogP contribution is 2.31. The maximum atomic E-state index is 12.7. The topological polar surface area (TPSA) is 46.1 Å². The van der Waals surface area contributed by atoms with Gasteiger partial charge in [-0.1, -0.05) is 30.3 Å². The lowest BCUT2D eigenvalue weighted by Crippen LogP contribution is -2.38. The van der Waals surface area contributed by atoms with E-state index in [1.54, 1.807) is 22.7 Å². The van der Waals surface area contributed by atoms with Gasteiger partial charge in [-0.3, -0.25) is 9.69 Å². The second-order valence-electron chi connectivity index (χ2n) is 7.47. The number of carbonyl (C=O) groups is 1. The smallest absolute Gasteiger partial charge is 0.153 e. The first kappa shape index (κ1) is 19.4. The number of hydrogen-bond donors (Lipinski definition) is 0. The Hall–Kier alpha value is -1.89. The first-order valence-corrected chi connectivity index (χ1v) is 11.5. The van der Waals surface area contributed by atoms with E-state index in [-0.39, 0.29) is 5.78 Å². The second-order valence-corrected chi connectivity index (χ2v) is 9.62. The predicted molar refractivity (Wildman–Crippen MR) is 116 cm³/mol. The van der Waals surface area contributed by atoms with E-state index in [4.69, 9.17) is 4.98 Å². The van der Waals surface area contributed by atoms with Crippen LogP contribution >= 0.6 is 22.7 Å². The van der Waals surface area contributed by atoms with Gasteiger partial charge in [0, 0.05) is 11.9 Å².